The van der Waals surface area contributed by atoms with Crippen LogP contribution >= 0.6 is 0 Å². The monoisotopic (exact) mass is 281 g/mol. The minimum Gasteiger partial charge on any atom is -0.478 e. The summed E-state index contributed by atoms with van der Waals surface area (Å²) in [6.45, 7) is 3.58. The zero-order valence-electron chi connectivity index (χ0n) is 11.8. The molecule has 1 aromatic rings. The number of halogens is 1. The lowest BCUT2D eigenvalue weighted by Crippen LogP contribution is -2.52. The van der Waals surface area contributed by atoms with Crippen molar-refractivity contribution in [3.05, 3.63) is 29.6 Å². The van der Waals surface area contributed by atoms with Crippen molar-refractivity contribution in [3.63, 3.8) is 0 Å². The molecule has 20 heavy (non-hydrogen) atoms. The van der Waals surface area contributed by atoms with Crippen LogP contribution in [0.3, 0.4) is 0 Å². The first kappa shape index (κ1) is 14.7. The highest BCUT2D eigenvalue weighted by atomic mass is 19.1. The summed E-state index contributed by atoms with van der Waals surface area (Å²) in [6, 6.07) is 4.24. The minimum absolute atomic E-state index is 0.0393. The molecular formula is C14H20FN3O2. The van der Waals surface area contributed by atoms with Crippen molar-refractivity contribution in [3.8, 4) is 0 Å². The summed E-state index contributed by atoms with van der Waals surface area (Å²) in [5.41, 5.74) is 0.305. The average Bonchev–Trinajstić information content (AvgIpc) is 2.40. The second-order valence-electron chi connectivity index (χ2n) is 5.28. The normalized spacial score (nSPS) is 20.9. The molecule has 1 unspecified atom stereocenters. The predicted octanol–water partition coefficient (Wildman–Crippen LogP) is 1.18. The molecule has 5 nitrogen and oxygen atoms in total. The van der Waals surface area contributed by atoms with Gasteiger partial charge in [-0.3, -0.25) is 4.90 Å². The number of carboxylic acid groups (broad SMARTS) is 1. The van der Waals surface area contributed by atoms with Crippen molar-refractivity contribution < 1.29 is 14.3 Å². The number of piperazine rings is 1. The first-order valence-electron chi connectivity index (χ1n) is 6.63. The van der Waals surface area contributed by atoms with Crippen LogP contribution in [0.25, 0.3) is 0 Å². The molecule has 0 amide bonds. The number of carboxylic acids is 1. The Balaban J connectivity index is 1.98. The van der Waals surface area contributed by atoms with E-state index in [-0.39, 0.29) is 5.56 Å². The molecule has 1 heterocycles. The predicted molar refractivity (Wildman–Crippen MR) is 75.8 cm³/mol. The minimum atomic E-state index is -1.12. The fourth-order valence-corrected chi connectivity index (χ4v) is 2.34. The summed E-state index contributed by atoms with van der Waals surface area (Å²) < 4.78 is 13.8. The number of aromatic carboxylic acids is 1. The van der Waals surface area contributed by atoms with Gasteiger partial charge in [-0.1, -0.05) is 0 Å². The molecule has 1 aliphatic rings. The third kappa shape index (κ3) is 3.46. The van der Waals surface area contributed by atoms with Crippen LogP contribution in [0.4, 0.5) is 10.1 Å². The van der Waals surface area contributed by atoms with Crippen molar-refractivity contribution in [2.24, 2.45) is 0 Å². The van der Waals surface area contributed by atoms with E-state index in [0.29, 0.717) is 18.3 Å². The van der Waals surface area contributed by atoms with Crippen LogP contribution in [0.15, 0.2) is 18.2 Å². The van der Waals surface area contributed by atoms with Crippen molar-refractivity contribution in [1.82, 2.24) is 9.80 Å². The number of rotatable bonds is 4. The van der Waals surface area contributed by atoms with Crippen molar-refractivity contribution in [2.75, 3.05) is 45.6 Å². The Labute approximate surface area is 118 Å². The highest BCUT2D eigenvalue weighted by molar-refractivity contribution is 5.88. The fraction of sp³-hybridized carbons (Fsp3) is 0.500. The van der Waals surface area contributed by atoms with Crippen LogP contribution < -0.4 is 5.32 Å². The van der Waals surface area contributed by atoms with Crippen LogP contribution in [-0.2, 0) is 0 Å². The molecule has 1 saturated heterocycles. The van der Waals surface area contributed by atoms with Crippen LogP contribution in [0.5, 0.6) is 0 Å². The van der Waals surface area contributed by atoms with E-state index >= 15 is 0 Å². The number of carbonyl (C=O) groups is 1. The number of likely N-dealkylation sites (N-methyl/N-ethyl adjacent to an activating group) is 2. The van der Waals surface area contributed by atoms with Gasteiger partial charge < -0.3 is 15.3 Å². The van der Waals surface area contributed by atoms with E-state index in [1.807, 2.05) is 0 Å². The summed E-state index contributed by atoms with van der Waals surface area (Å²) in [6.07, 6.45) is 0. The van der Waals surface area contributed by atoms with Gasteiger partial charge >= 0.3 is 5.97 Å². The van der Waals surface area contributed by atoms with Gasteiger partial charge in [0, 0.05) is 32.2 Å². The molecule has 0 spiro atoms. The third-order valence-electron chi connectivity index (χ3n) is 3.72. The Morgan fingerprint density at radius 2 is 2.20 bits per heavy atom. The van der Waals surface area contributed by atoms with Crippen LogP contribution in [0.2, 0.25) is 0 Å². The highest BCUT2D eigenvalue weighted by Crippen LogP contribution is 2.16. The molecule has 1 aliphatic heterocycles. The quantitative estimate of drug-likeness (QED) is 0.868. The summed E-state index contributed by atoms with van der Waals surface area (Å²) in [7, 11) is 4.13. The van der Waals surface area contributed by atoms with Crippen LogP contribution in [0.1, 0.15) is 10.4 Å². The molecule has 0 radical (unpaired) electrons. The Hall–Kier alpha value is -1.66. The van der Waals surface area contributed by atoms with Crippen molar-refractivity contribution >= 4 is 11.7 Å². The molecule has 0 saturated carbocycles. The van der Waals surface area contributed by atoms with Gasteiger partial charge in [0.05, 0.1) is 11.3 Å². The average molecular weight is 281 g/mol. The largest absolute Gasteiger partial charge is 0.478 e. The van der Waals surface area contributed by atoms with E-state index in [4.69, 9.17) is 5.11 Å². The molecule has 2 rings (SSSR count). The molecule has 0 bridgehead atoms. The van der Waals surface area contributed by atoms with E-state index in [1.54, 1.807) is 0 Å². The molecule has 0 aromatic heterocycles. The topological polar surface area (TPSA) is 55.8 Å². The van der Waals surface area contributed by atoms with E-state index in [2.05, 4.69) is 29.2 Å². The van der Waals surface area contributed by atoms with Gasteiger partial charge in [0.1, 0.15) is 5.82 Å². The Bertz CT molecular complexity index is 495. The number of nitrogens with zero attached hydrogens (tertiary/aromatic N) is 2. The molecule has 1 fully saturated rings. The zero-order chi connectivity index (χ0) is 14.7. The summed E-state index contributed by atoms with van der Waals surface area (Å²) >= 11 is 0. The van der Waals surface area contributed by atoms with Crippen molar-refractivity contribution in [1.29, 1.82) is 0 Å². The van der Waals surface area contributed by atoms with Gasteiger partial charge in [-0.15, -0.1) is 0 Å². The first-order chi connectivity index (χ1) is 9.47. The molecule has 1 aromatic carbocycles. The van der Waals surface area contributed by atoms with E-state index < -0.39 is 11.8 Å². The van der Waals surface area contributed by atoms with E-state index in [9.17, 15) is 9.18 Å². The number of hydrogen-bond acceptors (Lipinski definition) is 4. The first-order valence-corrected chi connectivity index (χ1v) is 6.63. The molecule has 6 heteroatoms. The number of benzene rings is 1. The zero-order valence-corrected chi connectivity index (χ0v) is 11.8. The molecular weight excluding hydrogens is 261 g/mol. The Morgan fingerprint density at radius 3 is 2.85 bits per heavy atom. The van der Waals surface area contributed by atoms with Gasteiger partial charge in [-0.25, -0.2) is 9.18 Å². The Kier molecular flexibility index (Phi) is 4.57. The van der Waals surface area contributed by atoms with Gasteiger partial charge in [0.25, 0.3) is 0 Å². The lowest BCUT2D eigenvalue weighted by molar-refractivity contribution is 0.0696. The standard InChI is InChI=1S/C14H20FN3O2/c1-17-5-6-18(2)11(9-17)8-16-13-4-3-10(14(19)20)7-12(13)15/h3-4,7,11,16H,5-6,8-9H2,1-2H3,(H,19,20). The van der Waals surface area contributed by atoms with E-state index in [1.165, 1.54) is 12.1 Å². The lowest BCUT2D eigenvalue weighted by atomic mass is 10.1. The summed E-state index contributed by atoms with van der Waals surface area (Å²) in [5.74, 6) is -1.65. The molecule has 1 atom stereocenters. The van der Waals surface area contributed by atoms with Gasteiger partial charge in [0.15, 0.2) is 0 Å². The highest BCUT2D eigenvalue weighted by Gasteiger charge is 2.22. The second-order valence-corrected chi connectivity index (χ2v) is 5.28. The SMILES string of the molecule is CN1CCN(C)C(CNc2ccc(C(=O)O)cc2F)C1. The molecule has 110 valence electrons. The van der Waals surface area contributed by atoms with Gasteiger partial charge in [-0.05, 0) is 32.3 Å². The maximum Gasteiger partial charge on any atom is 0.335 e. The van der Waals surface area contributed by atoms with Gasteiger partial charge in [-0.2, -0.15) is 0 Å². The van der Waals surface area contributed by atoms with Crippen LogP contribution in [0, 0.1) is 5.82 Å². The summed E-state index contributed by atoms with van der Waals surface area (Å²) in [5, 5.41) is 11.9. The van der Waals surface area contributed by atoms with Gasteiger partial charge in [0.2, 0.25) is 0 Å². The lowest BCUT2D eigenvalue weighted by Gasteiger charge is -2.37. The number of anilines is 1. The second kappa shape index (κ2) is 6.19. The maximum atomic E-state index is 13.8. The van der Waals surface area contributed by atoms with Crippen LogP contribution in [-0.4, -0.2) is 67.2 Å². The fourth-order valence-electron chi connectivity index (χ4n) is 2.34. The van der Waals surface area contributed by atoms with Crippen molar-refractivity contribution in [2.45, 2.75) is 6.04 Å². The summed E-state index contributed by atoms with van der Waals surface area (Å²) in [4.78, 5) is 15.2. The van der Waals surface area contributed by atoms with E-state index in [0.717, 1.165) is 25.7 Å². The number of hydrogen-bond donors (Lipinski definition) is 2. The molecule has 0 aliphatic carbocycles. The number of nitrogens with one attached hydrogen (secondary N) is 1. The molecule has 2 N–H and O–H groups in total. The third-order valence-corrected chi connectivity index (χ3v) is 3.72. The Morgan fingerprint density at radius 1 is 1.45 bits per heavy atom. The maximum absolute atomic E-state index is 13.8. The smallest absolute Gasteiger partial charge is 0.335 e.